The average molecular weight is 402 g/mol. The molecule has 0 fully saturated rings. The molecule has 0 aliphatic carbocycles. The van der Waals surface area contributed by atoms with E-state index in [-0.39, 0.29) is 28.8 Å². The monoisotopic (exact) mass is 401 g/mol. The fourth-order valence-electron chi connectivity index (χ4n) is 2.31. The number of aromatic hydroxyl groups is 1. The molecule has 8 heteroatoms. The second kappa shape index (κ2) is 8.66. The third-order valence-electron chi connectivity index (χ3n) is 3.61. The summed E-state index contributed by atoms with van der Waals surface area (Å²) in [5, 5.41) is 16.4. The first kappa shape index (κ1) is 18.9. The van der Waals surface area contributed by atoms with Crippen molar-refractivity contribution >= 4 is 35.1 Å². The molecule has 0 atom stereocenters. The van der Waals surface area contributed by atoms with Crippen LogP contribution in [0.3, 0.4) is 0 Å². The van der Waals surface area contributed by atoms with Gasteiger partial charge in [-0.1, -0.05) is 41.9 Å². The van der Waals surface area contributed by atoms with E-state index < -0.39 is 0 Å². The number of hydrazone groups is 1. The smallest absolute Gasteiger partial charge is 0.246 e. The summed E-state index contributed by atoms with van der Waals surface area (Å²) in [7, 11) is 1.42. The predicted octanol–water partition coefficient (Wildman–Crippen LogP) is 3.87. The molecule has 0 unspecified atom stereocenters. The lowest BCUT2D eigenvalue weighted by Gasteiger charge is -2.05. The van der Waals surface area contributed by atoms with Crippen molar-refractivity contribution in [2.45, 2.75) is 6.42 Å². The Hall–Kier alpha value is -2.90. The van der Waals surface area contributed by atoms with E-state index >= 15 is 0 Å². The predicted molar refractivity (Wildman–Crippen MR) is 107 cm³/mol. The number of ether oxygens (including phenoxy) is 1. The van der Waals surface area contributed by atoms with Crippen LogP contribution in [0.25, 0.3) is 11.3 Å². The molecule has 0 spiro atoms. The first-order chi connectivity index (χ1) is 13.1. The molecule has 3 aromatic rings. The number of benzene rings is 2. The highest BCUT2D eigenvalue weighted by atomic mass is 35.5. The van der Waals surface area contributed by atoms with Crippen LogP contribution >= 0.6 is 22.9 Å². The van der Waals surface area contributed by atoms with Gasteiger partial charge in [-0.15, -0.1) is 11.3 Å². The summed E-state index contributed by atoms with van der Waals surface area (Å²) in [6.45, 7) is 0. The summed E-state index contributed by atoms with van der Waals surface area (Å²) in [6, 6.07) is 12.9. The van der Waals surface area contributed by atoms with Crippen LogP contribution in [-0.4, -0.2) is 29.3 Å². The van der Waals surface area contributed by atoms with Crippen LogP contribution in [0.2, 0.25) is 5.02 Å². The molecular formula is C19H16ClN3O3S. The fourth-order valence-corrected chi connectivity index (χ4v) is 3.33. The van der Waals surface area contributed by atoms with Crippen LogP contribution < -0.4 is 10.2 Å². The van der Waals surface area contributed by atoms with Crippen molar-refractivity contribution in [3.05, 3.63) is 63.4 Å². The molecular weight excluding hydrogens is 386 g/mol. The third kappa shape index (κ3) is 4.84. The van der Waals surface area contributed by atoms with E-state index in [4.69, 9.17) is 16.3 Å². The highest BCUT2D eigenvalue weighted by Crippen LogP contribution is 2.34. The zero-order valence-electron chi connectivity index (χ0n) is 14.3. The zero-order valence-corrected chi connectivity index (χ0v) is 15.9. The summed E-state index contributed by atoms with van der Waals surface area (Å²) < 4.78 is 5.02. The molecule has 0 radical (unpaired) electrons. The fraction of sp³-hybridized carbons (Fsp3) is 0.105. The van der Waals surface area contributed by atoms with Crippen LogP contribution in [0.1, 0.15) is 10.6 Å². The van der Waals surface area contributed by atoms with E-state index in [1.54, 1.807) is 6.07 Å². The molecule has 2 aromatic carbocycles. The number of carbonyl (C=O) groups is 1. The van der Waals surface area contributed by atoms with Gasteiger partial charge < -0.3 is 9.84 Å². The van der Waals surface area contributed by atoms with Gasteiger partial charge in [0, 0.05) is 10.9 Å². The van der Waals surface area contributed by atoms with Crippen molar-refractivity contribution in [3.8, 4) is 22.8 Å². The second-order valence-electron chi connectivity index (χ2n) is 5.52. The molecule has 6 nitrogen and oxygen atoms in total. The Morgan fingerprint density at radius 2 is 2.15 bits per heavy atom. The van der Waals surface area contributed by atoms with Crippen LogP contribution in [0.4, 0.5) is 0 Å². The van der Waals surface area contributed by atoms with Gasteiger partial charge in [0.2, 0.25) is 5.91 Å². The largest absolute Gasteiger partial charge is 0.503 e. The first-order valence-electron chi connectivity index (χ1n) is 7.95. The summed E-state index contributed by atoms with van der Waals surface area (Å²) in [5.74, 6) is -0.193. The molecule has 27 heavy (non-hydrogen) atoms. The summed E-state index contributed by atoms with van der Waals surface area (Å²) in [5.41, 5.74) is 4.89. The van der Waals surface area contributed by atoms with E-state index in [0.717, 1.165) is 11.3 Å². The Morgan fingerprint density at radius 3 is 2.89 bits per heavy atom. The number of aromatic nitrogens is 1. The standard InChI is InChI=1S/C19H16ClN3O3S/c1-26-16-8-12(7-14(20)19(16)25)10-21-23-17(24)9-18-22-15(11-27-18)13-5-3-2-4-6-13/h2-8,10-11,25H,9H2,1H3,(H,23,24)/b21-10+. The minimum Gasteiger partial charge on any atom is -0.503 e. The van der Waals surface area contributed by atoms with E-state index in [2.05, 4.69) is 15.5 Å². The summed E-state index contributed by atoms with van der Waals surface area (Å²) >= 11 is 7.34. The molecule has 0 saturated heterocycles. The van der Waals surface area contributed by atoms with Crippen molar-refractivity contribution in [2.24, 2.45) is 5.10 Å². The number of hydrogen-bond donors (Lipinski definition) is 2. The third-order valence-corrected chi connectivity index (χ3v) is 4.74. The van der Waals surface area contributed by atoms with Gasteiger partial charge in [0.15, 0.2) is 11.5 Å². The number of carbonyl (C=O) groups excluding carboxylic acids is 1. The van der Waals surface area contributed by atoms with Crippen molar-refractivity contribution in [1.29, 1.82) is 0 Å². The van der Waals surface area contributed by atoms with Gasteiger partial charge in [-0.25, -0.2) is 10.4 Å². The number of phenols is 1. The highest BCUT2D eigenvalue weighted by Gasteiger charge is 2.10. The molecule has 1 amide bonds. The number of rotatable bonds is 6. The molecule has 1 aromatic heterocycles. The Bertz CT molecular complexity index is 974. The quantitative estimate of drug-likeness (QED) is 0.485. The van der Waals surface area contributed by atoms with E-state index in [0.29, 0.717) is 10.6 Å². The van der Waals surface area contributed by atoms with Gasteiger partial charge in [-0.3, -0.25) is 4.79 Å². The molecule has 1 heterocycles. The van der Waals surface area contributed by atoms with Crippen molar-refractivity contribution < 1.29 is 14.6 Å². The zero-order chi connectivity index (χ0) is 19.2. The topological polar surface area (TPSA) is 83.8 Å². The highest BCUT2D eigenvalue weighted by molar-refractivity contribution is 7.10. The van der Waals surface area contributed by atoms with E-state index in [9.17, 15) is 9.90 Å². The molecule has 138 valence electrons. The Kier molecular flexibility index (Phi) is 6.05. The van der Waals surface area contributed by atoms with Crippen LogP contribution in [0, 0.1) is 0 Å². The SMILES string of the molecule is COc1cc(/C=N/NC(=O)Cc2nc(-c3ccccc3)cs2)cc(Cl)c1O. The average Bonchev–Trinajstić information content (AvgIpc) is 3.13. The molecule has 0 aliphatic heterocycles. The maximum absolute atomic E-state index is 12.0. The Balaban J connectivity index is 1.60. The summed E-state index contributed by atoms with van der Waals surface area (Å²) in [4.78, 5) is 16.5. The maximum Gasteiger partial charge on any atom is 0.246 e. The van der Waals surface area contributed by atoms with Crippen LogP contribution in [0.15, 0.2) is 52.9 Å². The van der Waals surface area contributed by atoms with Gasteiger partial charge in [0.25, 0.3) is 0 Å². The van der Waals surface area contributed by atoms with Crippen molar-refractivity contribution in [1.82, 2.24) is 10.4 Å². The minimum atomic E-state index is -0.281. The number of nitrogens with one attached hydrogen (secondary N) is 1. The van der Waals surface area contributed by atoms with Crippen molar-refractivity contribution in [2.75, 3.05) is 7.11 Å². The van der Waals surface area contributed by atoms with Gasteiger partial charge in [0.1, 0.15) is 5.01 Å². The number of amides is 1. The maximum atomic E-state index is 12.0. The first-order valence-corrected chi connectivity index (χ1v) is 9.21. The molecule has 2 N–H and O–H groups in total. The minimum absolute atomic E-state index is 0.133. The number of hydrogen-bond acceptors (Lipinski definition) is 6. The number of phenolic OH excluding ortho intramolecular Hbond substituents is 1. The Labute approximate surface area is 165 Å². The number of thiazole rings is 1. The van der Waals surface area contributed by atoms with Crippen LogP contribution in [0.5, 0.6) is 11.5 Å². The lowest BCUT2D eigenvalue weighted by atomic mass is 10.2. The van der Waals surface area contributed by atoms with Gasteiger partial charge in [-0.05, 0) is 17.7 Å². The molecule has 0 saturated carbocycles. The van der Waals surface area contributed by atoms with E-state index in [1.807, 2.05) is 35.7 Å². The lowest BCUT2D eigenvalue weighted by Crippen LogP contribution is -2.19. The van der Waals surface area contributed by atoms with Gasteiger partial charge >= 0.3 is 0 Å². The van der Waals surface area contributed by atoms with Gasteiger partial charge in [0.05, 0.1) is 30.5 Å². The lowest BCUT2D eigenvalue weighted by molar-refractivity contribution is -0.120. The van der Waals surface area contributed by atoms with E-state index in [1.165, 1.54) is 30.7 Å². The normalized spacial score (nSPS) is 10.9. The molecule has 3 rings (SSSR count). The summed E-state index contributed by atoms with van der Waals surface area (Å²) in [6.07, 6.45) is 1.55. The number of halogens is 1. The number of nitrogens with zero attached hydrogens (tertiary/aromatic N) is 2. The molecule has 0 bridgehead atoms. The van der Waals surface area contributed by atoms with Crippen molar-refractivity contribution in [3.63, 3.8) is 0 Å². The Morgan fingerprint density at radius 1 is 1.37 bits per heavy atom. The van der Waals surface area contributed by atoms with Crippen LogP contribution in [-0.2, 0) is 11.2 Å². The van der Waals surface area contributed by atoms with Gasteiger partial charge in [-0.2, -0.15) is 5.10 Å². The molecule has 0 aliphatic rings. The number of methoxy groups -OCH3 is 1. The second-order valence-corrected chi connectivity index (χ2v) is 6.87.